The van der Waals surface area contributed by atoms with Gasteiger partial charge in [0.05, 0.1) is 0 Å². The minimum absolute atomic E-state index is 0. The summed E-state index contributed by atoms with van der Waals surface area (Å²) in [6.45, 7) is 0. The minimum Gasteiger partial charge on any atom is -1.00 e. The van der Waals surface area contributed by atoms with Crippen LogP contribution in [0.25, 0.3) is 0 Å². The van der Waals surface area contributed by atoms with Crippen LogP contribution in [-0.2, 0) is 11.7 Å². The summed E-state index contributed by atoms with van der Waals surface area (Å²) in [5, 5.41) is 7.38. The molecule has 0 aromatic carbocycles. The molecular weight excluding hydrogens is 879 g/mol. The zero-order valence-corrected chi connectivity index (χ0v) is 34.2. The second-order valence-electron chi connectivity index (χ2n) is 0.656. The van der Waals surface area contributed by atoms with Gasteiger partial charge in [-0.25, -0.2) is 0 Å². The summed E-state index contributed by atoms with van der Waals surface area (Å²) in [6, 6.07) is 0. The normalized spacial score (nSPS) is 3.43. The zero-order valence-electron chi connectivity index (χ0n) is 12.0. The Hall–Kier alpha value is 10.2. The molecule has 2 N–H and O–H groups in total. The van der Waals surface area contributed by atoms with E-state index in [0.717, 1.165) is 0 Å². The van der Waals surface area contributed by atoms with Gasteiger partial charge in [-0.15, -0.1) is 12.4 Å². The molecule has 0 aliphatic heterocycles. The van der Waals surface area contributed by atoms with Gasteiger partial charge in [-0.2, -0.15) is 0 Å². The molecule has 0 bridgehead atoms. The number of hydrogen-bond acceptors (Lipinski definition) is 3. The maximum atomic E-state index is 9.65. The van der Waals surface area contributed by atoms with Crippen LogP contribution < -0.4 is 149 Å². The van der Waals surface area contributed by atoms with Gasteiger partial charge in [-0.1, -0.05) is 74.3 Å². The van der Waals surface area contributed by atoms with Gasteiger partial charge in [-0.3, -0.25) is 0 Å². The van der Waals surface area contributed by atoms with E-state index in [-0.39, 0.29) is 403 Å². The van der Waals surface area contributed by atoms with Gasteiger partial charge in [0.25, 0.3) is 0 Å². The van der Waals surface area contributed by atoms with E-state index in [2.05, 4.69) is 4.33 Å². The molecule has 0 spiro atoms. The number of hydrogen-bond donors (Lipinski definition) is 2. The fourth-order valence-electron chi connectivity index (χ4n) is 0. The van der Waals surface area contributed by atoms with Crippen LogP contribution in [0.15, 0.2) is 0 Å². The summed E-state index contributed by atoms with van der Waals surface area (Å²) < 4.78 is 20.6. The summed E-state index contributed by atoms with van der Waals surface area (Å²) in [4.78, 5) is 0. The molecule has 0 aliphatic carbocycles. The van der Waals surface area contributed by atoms with E-state index in [1.54, 1.807) is 0 Å². The first-order valence-corrected chi connectivity index (χ1v) is 4.33. The van der Waals surface area contributed by atoms with Crippen molar-refractivity contribution in [3.63, 3.8) is 0 Å². The van der Waals surface area contributed by atoms with Gasteiger partial charge >= 0.3 is 213 Å². The smallest absolute Gasteiger partial charge is 1.00 e. The number of rotatable bonds is 1. The molecule has 0 amide bonds. The Bertz CT molecular complexity index is 179. The second-order valence-corrected chi connectivity index (χ2v) is 4.16. The standard InChI is InChI=1S/10CH4.2Ca.13ClH.5Mg.H2O4S/c;;;;;;;;;;;;;;;;;;;;;;;;;;;;;;1-4-5(2)3/h10*1H4;;;13*1H;;;;;;1H,(H,2,3)/q;;;;;;;;;;2*+2;;;;;;;;;;;;;;;4*+2;/p-12. The summed E-state index contributed by atoms with van der Waals surface area (Å²) in [6.07, 6.45) is 0. The quantitative estimate of drug-likeness (QED) is 0.156. The number of halogens is 13. The van der Waals surface area contributed by atoms with E-state index in [1.807, 2.05) is 0 Å². The van der Waals surface area contributed by atoms with Crippen LogP contribution in [0.5, 0.6) is 0 Å². The molecule has 1 unspecified atom stereocenters. The molecule has 0 saturated carbocycles. The van der Waals surface area contributed by atoms with Crippen LogP contribution in [0.3, 0.4) is 0 Å². The minimum atomic E-state index is -3.33. The molecule has 4 nitrogen and oxygen atoms in total. The van der Waals surface area contributed by atoms with E-state index in [9.17, 15) is 4.21 Å². The third kappa shape index (κ3) is 454. The van der Waals surface area contributed by atoms with Gasteiger partial charge in [0.15, 0.2) is 0 Å². The Morgan fingerprint density at radius 2 is 0.486 bits per heavy atom. The second kappa shape index (κ2) is 279. The van der Waals surface area contributed by atoms with Crippen molar-refractivity contribution >= 4 is 207 Å². The molecule has 0 fully saturated rings. The van der Waals surface area contributed by atoms with Crippen molar-refractivity contribution in [1.29, 1.82) is 0 Å². The van der Waals surface area contributed by atoms with E-state index >= 15 is 0 Å². The summed E-state index contributed by atoms with van der Waals surface area (Å²) >= 11 is 0.671. The van der Waals surface area contributed by atoms with Crippen molar-refractivity contribution < 1.29 is 167 Å². The van der Waals surface area contributed by atoms with Crippen LogP contribution in [0.1, 0.15) is 74.3 Å². The van der Waals surface area contributed by atoms with Crippen molar-refractivity contribution in [2.45, 2.75) is 74.3 Å². The first kappa shape index (κ1) is 383. The molecule has 0 aliphatic rings. The fraction of sp³-hybridized carbons (Fsp3) is 1.00. The Morgan fingerprint density at radius 3 is 0.486 bits per heavy atom. The average Bonchev–Trinajstić information content (AvgIpc) is 1.35. The molecule has 0 heterocycles. The van der Waals surface area contributed by atoms with Crippen LogP contribution in [0.2, 0.25) is 0 Å². The first-order chi connectivity index (χ1) is 2.56. The van der Waals surface area contributed by atoms with Gasteiger partial charge in [0.2, 0.25) is 0 Å². The molecule has 0 saturated heterocycles. The Morgan fingerprint density at radius 1 is 0.457 bits per heavy atom. The molecule has 0 aromatic rings. The Kier molecular flexibility index (Phi) is 3060. The van der Waals surface area contributed by atoms with Gasteiger partial charge < -0.3 is 149 Å². The predicted octanol–water partition coefficient (Wildman–Crippen LogP) is -32.2. The maximum absolute atomic E-state index is 9.65. The molecule has 35 heavy (non-hydrogen) atoms. The van der Waals surface area contributed by atoms with Crippen molar-refractivity contribution in [1.82, 2.24) is 0 Å². The van der Waals surface area contributed by atoms with E-state index in [1.165, 1.54) is 0 Å². The van der Waals surface area contributed by atoms with Crippen LogP contribution in [0.4, 0.5) is 0 Å². The Labute approximate surface area is 439 Å². The van der Waals surface area contributed by atoms with Gasteiger partial charge in [-0.05, 0) is 0 Å². The maximum Gasteiger partial charge on any atom is 2.00 e. The SMILES string of the molecule is C.C.C.C.C.C.C.C.C.C.Cl.O=[S](O)(=[Mg])OO.[Ca+2].[Ca+2].[Cl-].[Cl-].[Cl-].[Cl-].[Cl-].[Cl-].[Cl-].[Cl-].[Cl-].[Cl-].[Cl-].[Cl-].[Mg+2].[Mg+2].[Mg+2].[Mg+2]. The first-order valence-electron chi connectivity index (χ1n) is 0.987. The molecule has 0 radical (unpaired) electrons. The topological polar surface area (TPSA) is 66.8 Å². The van der Waals surface area contributed by atoms with Gasteiger partial charge in [0.1, 0.15) is 0 Å². The molecule has 0 rings (SSSR count). The molecule has 25 heteroatoms. The largest absolute Gasteiger partial charge is 2.00 e. The monoisotopic (exact) mass is 914 g/mol. The summed E-state index contributed by atoms with van der Waals surface area (Å²) in [5.41, 5.74) is 0. The molecule has 0 aromatic heterocycles. The zero-order chi connectivity index (χ0) is 5.21. The van der Waals surface area contributed by atoms with Crippen LogP contribution in [-0.4, -0.2) is 202 Å². The molecular formula is C10H43Ca2Cl13Mg5O4S. The molecule has 1 atom stereocenters. The van der Waals surface area contributed by atoms with Crippen LogP contribution >= 0.6 is 12.4 Å². The van der Waals surface area contributed by atoms with E-state index in [4.69, 9.17) is 9.81 Å². The Balaban J connectivity index is -0.000000000308. The van der Waals surface area contributed by atoms with Crippen molar-refractivity contribution in [3.8, 4) is 0 Å². The fourth-order valence-corrected chi connectivity index (χ4v) is 0. The summed E-state index contributed by atoms with van der Waals surface area (Å²) in [5.74, 6) is 0. The summed E-state index contributed by atoms with van der Waals surface area (Å²) in [7, 11) is -3.33. The third-order valence-electron chi connectivity index (χ3n) is 0.116. The van der Waals surface area contributed by atoms with E-state index < -0.39 is 7.32 Å². The molecule has 218 valence electrons. The van der Waals surface area contributed by atoms with Crippen molar-refractivity contribution in [2.75, 3.05) is 0 Å². The van der Waals surface area contributed by atoms with E-state index in [0.29, 0.717) is 19.8 Å². The van der Waals surface area contributed by atoms with Gasteiger partial charge in [0, 0.05) is 0 Å². The average molecular weight is 922 g/mol. The van der Waals surface area contributed by atoms with Crippen molar-refractivity contribution in [3.05, 3.63) is 0 Å². The van der Waals surface area contributed by atoms with Crippen molar-refractivity contribution in [2.24, 2.45) is 0 Å². The van der Waals surface area contributed by atoms with Crippen LogP contribution in [0, 0.1) is 0 Å². The predicted molar refractivity (Wildman–Crippen MR) is 129 cm³/mol. The third-order valence-corrected chi connectivity index (χ3v) is 0.666.